The van der Waals surface area contributed by atoms with Crippen molar-refractivity contribution in [1.29, 1.82) is 0 Å². The van der Waals surface area contributed by atoms with Gasteiger partial charge in [0.15, 0.2) is 0 Å². The minimum absolute atomic E-state index is 0.151. The van der Waals surface area contributed by atoms with Crippen LogP contribution in [0.2, 0.25) is 0 Å². The summed E-state index contributed by atoms with van der Waals surface area (Å²) in [5.41, 5.74) is 2.47. The van der Waals surface area contributed by atoms with Crippen LogP contribution in [0, 0.1) is 13.8 Å². The number of benzene rings is 1. The fraction of sp³-hybridized carbons (Fsp3) is 0.400. The second kappa shape index (κ2) is 7.38. The van der Waals surface area contributed by atoms with E-state index in [4.69, 9.17) is 0 Å². The number of hydrogen-bond acceptors (Lipinski definition) is 3. The van der Waals surface area contributed by atoms with Gasteiger partial charge in [0, 0.05) is 19.2 Å². The number of rotatable bonds is 6. The lowest BCUT2D eigenvalue weighted by molar-refractivity contribution is -0.116. The summed E-state index contributed by atoms with van der Waals surface area (Å²) < 4.78 is 26.9. The summed E-state index contributed by atoms with van der Waals surface area (Å²) >= 11 is 0. The van der Waals surface area contributed by atoms with E-state index in [-0.39, 0.29) is 23.9 Å². The maximum absolute atomic E-state index is 12.2. The lowest BCUT2D eigenvalue weighted by Gasteiger charge is -2.10. The van der Waals surface area contributed by atoms with Gasteiger partial charge < -0.3 is 5.32 Å². The Morgan fingerprint density at radius 1 is 1.19 bits per heavy atom. The van der Waals surface area contributed by atoms with Crippen molar-refractivity contribution < 1.29 is 13.2 Å². The zero-order valence-corrected chi connectivity index (χ0v) is 13.7. The molecular weight excluding hydrogens is 288 g/mol. The number of amides is 1. The van der Waals surface area contributed by atoms with Crippen LogP contribution in [0.1, 0.15) is 25.0 Å². The molecule has 5 nitrogen and oxygen atoms in total. The highest BCUT2D eigenvalue weighted by atomic mass is 32.2. The molecule has 0 saturated carbocycles. The molecule has 21 heavy (non-hydrogen) atoms. The molecule has 0 fully saturated rings. The molecule has 1 rings (SSSR count). The minimum Gasteiger partial charge on any atom is -0.351 e. The number of aryl methyl sites for hydroxylation is 2. The van der Waals surface area contributed by atoms with Crippen LogP contribution in [0.25, 0.3) is 0 Å². The maximum atomic E-state index is 12.2. The average molecular weight is 310 g/mol. The van der Waals surface area contributed by atoms with Crippen LogP contribution in [-0.2, 0) is 14.8 Å². The third-order valence-corrected chi connectivity index (χ3v) is 4.37. The third-order valence-electron chi connectivity index (χ3n) is 2.77. The van der Waals surface area contributed by atoms with E-state index in [9.17, 15) is 13.2 Å². The summed E-state index contributed by atoms with van der Waals surface area (Å²) in [5.74, 6) is -0.221. The lowest BCUT2D eigenvalue weighted by atomic mass is 10.2. The van der Waals surface area contributed by atoms with Crippen molar-refractivity contribution in [2.45, 2.75) is 32.6 Å². The second-order valence-corrected chi connectivity index (χ2v) is 6.91. The van der Waals surface area contributed by atoms with Gasteiger partial charge in [0.05, 0.1) is 4.90 Å². The normalized spacial score (nSPS) is 11.0. The first-order valence-corrected chi connectivity index (χ1v) is 8.20. The fourth-order valence-electron chi connectivity index (χ4n) is 1.76. The summed E-state index contributed by atoms with van der Waals surface area (Å²) in [7, 11) is -3.55. The van der Waals surface area contributed by atoms with Gasteiger partial charge in [-0.1, -0.05) is 17.7 Å². The molecule has 116 valence electrons. The largest absolute Gasteiger partial charge is 0.351 e. The Kier molecular flexibility index (Phi) is 6.11. The van der Waals surface area contributed by atoms with Crippen LogP contribution in [0.15, 0.2) is 34.7 Å². The molecule has 0 aromatic heterocycles. The van der Waals surface area contributed by atoms with Crippen molar-refractivity contribution in [3.63, 3.8) is 0 Å². The summed E-state index contributed by atoms with van der Waals surface area (Å²) in [6, 6.07) is 5.29. The summed E-state index contributed by atoms with van der Waals surface area (Å²) in [6.07, 6.45) is 1.47. The van der Waals surface area contributed by atoms with E-state index in [1.807, 2.05) is 26.8 Å². The first-order chi connectivity index (χ1) is 9.72. The molecule has 0 bridgehead atoms. The maximum Gasteiger partial charge on any atom is 0.243 e. The lowest BCUT2D eigenvalue weighted by Crippen LogP contribution is -2.34. The molecule has 0 unspecified atom stereocenters. The van der Waals surface area contributed by atoms with Gasteiger partial charge in [0.1, 0.15) is 0 Å². The number of nitrogens with one attached hydrogen (secondary N) is 2. The first kappa shape index (κ1) is 17.4. The van der Waals surface area contributed by atoms with E-state index in [2.05, 4.69) is 10.0 Å². The zero-order valence-electron chi connectivity index (χ0n) is 12.9. The zero-order chi connectivity index (χ0) is 16.0. The van der Waals surface area contributed by atoms with Gasteiger partial charge in [-0.05, 0) is 44.9 Å². The Balaban J connectivity index is 2.60. The molecular formula is C15H22N2O3S. The predicted octanol–water partition coefficient (Wildman–Crippen LogP) is 1.66. The molecule has 1 amide bonds. The van der Waals surface area contributed by atoms with E-state index >= 15 is 0 Å². The fourth-order valence-corrected chi connectivity index (χ4v) is 3.12. The molecule has 0 spiro atoms. The molecule has 0 aliphatic heterocycles. The molecule has 1 aromatic rings. The van der Waals surface area contributed by atoms with Crippen LogP contribution in [0.3, 0.4) is 0 Å². The minimum atomic E-state index is -3.55. The Morgan fingerprint density at radius 2 is 1.86 bits per heavy atom. The van der Waals surface area contributed by atoms with Gasteiger partial charge in [-0.3, -0.25) is 4.79 Å². The number of carbonyl (C=O) groups is 1. The predicted molar refractivity (Wildman–Crippen MR) is 83.5 cm³/mol. The van der Waals surface area contributed by atoms with Crippen molar-refractivity contribution in [2.24, 2.45) is 0 Å². The van der Waals surface area contributed by atoms with E-state index in [1.165, 1.54) is 6.08 Å². The molecule has 0 heterocycles. The van der Waals surface area contributed by atoms with Crippen LogP contribution < -0.4 is 10.0 Å². The molecule has 0 aliphatic rings. The SMILES string of the molecule is CC(C)=CC(=O)NCCNS(=O)(=O)c1cc(C)ccc1C. The van der Waals surface area contributed by atoms with Gasteiger partial charge in [0.2, 0.25) is 15.9 Å². The molecule has 2 N–H and O–H groups in total. The van der Waals surface area contributed by atoms with Gasteiger partial charge in [0.25, 0.3) is 0 Å². The highest BCUT2D eigenvalue weighted by Gasteiger charge is 2.16. The van der Waals surface area contributed by atoms with Crippen molar-refractivity contribution >= 4 is 15.9 Å². The molecule has 6 heteroatoms. The summed E-state index contributed by atoms with van der Waals surface area (Å²) in [6.45, 7) is 7.64. The van der Waals surface area contributed by atoms with Crippen LogP contribution >= 0.6 is 0 Å². The van der Waals surface area contributed by atoms with Gasteiger partial charge >= 0.3 is 0 Å². The highest BCUT2D eigenvalue weighted by molar-refractivity contribution is 7.89. The van der Waals surface area contributed by atoms with Crippen LogP contribution in [0.5, 0.6) is 0 Å². The van der Waals surface area contributed by atoms with E-state index in [1.54, 1.807) is 19.1 Å². The number of sulfonamides is 1. The van der Waals surface area contributed by atoms with E-state index in [0.717, 1.165) is 11.1 Å². The Labute approximate surface area is 126 Å². The molecule has 0 saturated heterocycles. The van der Waals surface area contributed by atoms with E-state index < -0.39 is 10.0 Å². The van der Waals surface area contributed by atoms with E-state index in [0.29, 0.717) is 5.56 Å². The molecule has 1 aromatic carbocycles. The smallest absolute Gasteiger partial charge is 0.243 e. The number of hydrogen-bond donors (Lipinski definition) is 2. The van der Waals surface area contributed by atoms with Crippen LogP contribution in [0.4, 0.5) is 0 Å². The summed E-state index contributed by atoms with van der Waals surface area (Å²) in [4.78, 5) is 11.7. The van der Waals surface area contributed by atoms with Crippen molar-refractivity contribution in [2.75, 3.05) is 13.1 Å². The standard InChI is InChI=1S/C15H22N2O3S/c1-11(2)9-15(18)16-7-8-17-21(19,20)14-10-12(3)5-6-13(14)4/h5-6,9-10,17H,7-8H2,1-4H3,(H,16,18). The second-order valence-electron chi connectivity index (χ2n) is 5.18. The average Bonchev–Trinajstić information content (AvgIpc) is 2.36. The van der Waals surface area contributed by atoms with Gasteiger partial charge in [-0.15, -0.1) is 0 Å². The molecule has 0 atom stereocenters. The van der Waals surface area contributed by atoms with Crippen LogP contribution in [-0.4, -0.2) is 27.4 Å². The van der Waals surface area contributed by atoms with Crippen molar-refractivity contribution in [3.8, 4) is 0 Å². The third kappa shape index (κ3) is 5.69. The first-order valence-electron chi connectivity index (χ1n) is 6.72. The van der Waals surface area contributed by atoms with Crippen molar-refractivity contribution in [3.05, 3.63) is 41.0 Å². The quantitative estimate of drug-likeness (QED) is 0.620. The monoisotopic (exact) mass is 310 g/mol. The summed E-state index contributed by atoms with van der Waals surface area (Å²) in [5, 5.41) is 2.62. The highest BCUT2D eigenvalue weighted by Crippen LogP contribution is 2.16. The van der Waals surface area contributed by atoms with Gasteiger partial charge in [-0.25, -0.2) is 13.1 Å². The Bertz CT molecular complexity index is 645. The number of carbonyl (C=O) groups excluding carboxylic acids is 1. The Hall–Kier alpha value is -1.66. The molecule has 0 radical (unpaired) electrons. The van der Waals surface area contributed by atoms with Crippen molar-refractivity contribution in [1.82, 2.24) is 10.0 Å². The topological polar surface area (TPSA) is 75.3 Å². The van der Waals surface area contributed by atoms with Gasteiger partial charge in [-0.2, -0.15) is 0 Å². The molecule has 0 aliphatic carbocycles. The Morgan fingerprint density at radius 3 is 2.48 bits per heavy atom. The number of allylic oxidation sites excluding steroid dienone is 1.